The van der Waals surface area contributed by atoms with Crippen LogP contribution in [0.2, 0.25) is 0 Å². The Labute approximate surface area is 114 Å². The van der Waals surface area contributed by atoms with E-state index >= 15 is 0 Å². The lowest BCUT2D eigenvalue weighted by Gasteiger charge is -2.17. The van der Waals surface area contributed by atoms with Crippen molar-refractivity contribution in [1.82, 2.24) is 5.32 Å². The SMILES string of the molecule is CC(NCCC1=CCCCC1)c1ccc(F)cc1O. The summed E-state index contributed by atoms with van der Waals surface area (Å²) in [6.07, 6.45) is 8.47. The van der Waals surface area contributed by atoms with Crippen molar-refractivity contribution in [2.45, 2.75) is 45.1 Å². The van der Waals surface area contributed by atoms with Crippen molar-refractivity contribution in [3.8, 4) is 5.75 Å². The molecule has 2 N–H and O–H groups in total. The second kappa shape index (κ2) is 6.71. The van der Waals surface area contributed by atoms with Crippen molar-refractivity contribution in [1.29, 1.82) is 0 Å². The molecule has 1 aromatic rings. The molecule has 1 aromatic carbocycles. The first-order valence-electron chi connectivity index (χ1n) is 7.06. The van der Waals surface area contributed by atoms with E-state index in [9.17, 15) is 9.50 Å². The van der Waals surface area contributed by atoms with E-state index in [0.29, 0.717) is 0 Å². The van der Waals surface area contributed by atoms with E-state index in [0.717, 1.165) is 24.6 Å². The van der Waals surface area contributed by atoms with Gasteiger partial charge in [-0.1, -0.05) is 17.7 Å². The highest BCUT2D eigenvalue weighted by atomic mass is 19.1. The second-order valence-electron chi connectivity index (χ2n) is 5.24. The Morgan fingerprint density at radius 2 is 2.21 bits per heavy atom. The molecule has 2 rings (SSSR count). The minimum atomic E-state index is -0.402. The summed E-state index contributed by atoms with van der Waals surface area (Å²) in [6, 6.07) is 4.22. The molecular weight excluding hydrogens is 241 g/mol. The summed E-state index contributed by atoms with van der Waals surface area (Å²) in [6.45, 7) is 2.88. The molecule has 0 aliphatic heterocycles. The van der Waals surface area contributed by atoms with Crippen LogP contribution in [0.5, 0.6) is 5.75 Å². The van der Waals surface area contributed by atoms with Crippen LogP contribution in [-0.2, 0) is 0 Å². The van der Waals surface area contributed by atoms with E-state index in [1.54, 1.807) is 6.07 Å². The molecule has 0 spiro atoms. The Bertz CT molecular complexity index is 456. The molecule has 1 unspecified atom stereocenters. The molecule has 104 valence electrons. The maximum absolute atomic E-state index is 12.9. The summed E-state index contributed by atoms with van der Waals surface area (Å²) in [5, 5.41) is 13.1. The third-order valence-corrected chi connectivity index (χ3v) is 3.74. The van der Waals surface area contributed by atoms with Gasteiger partial charge in [0.15, 0.2) is 0 Å². The van der Waals surface area contributed by atoms with Gasteiger partial charge in [0.05, 0.1) is 0 Å². The van der Waals surface area contributed by atoms with Crippen LogP contribution in [0.15, 0.2) is 29.8 Å². The maximum atomic E-state index is 12.9. The van der Waals surface area contributed by atoms with Crippen LogP contribution in [0.3, 0.4) is 0 Å². The lowest BCUT2D eigenvalue weighted by atomic mass is 9.97. The summed E-state index contributed by atoms with van der Waals surface area (Å²) in [7, 11) is 0. The molecule has 3 heteroatoms. The number of allylic oxidation sites excluding steroid dienone is 1. The van der Waals surface area contributed by atoms with Crippen LogP contribution in [0.4, 0.5) is 4.39 Å². The topological polar surface area (TPSA) is 32.3 Å². The van der Waals surface area contributed by atoms with Crippen LogP contribution >= 0.6 is 0 Å². The van der Waals surface area contributed by atoms with Gasteiger partial charge in [0, 0.05) is 17.7 Å². The Balaban J connectivity index is 1.83. The van der Waals surface area contributed by atoms with Gasteiger partial charge < -0.3 is 10.4 Å². The molecule has 0 radical (unpaired) electrons. The number of phenols is 1. The summed E-state index contributed by atoms with van der Waals surface area (Å²) in [4.78, 5) is 0. The van der Waals surface area contributed by atoms with Crippen LogP contribution in [0.25, 0.3) is 0 Å². The quantitative estimate of drug-likeness (QED) is 0.785. The third kappa shape index (κ3) is 4.06. The molecule has 2 nitrogen and oxygen atoms in total. The Morgan fingerprint density at radius 3 is 2.89 bits per heavy atom. The molecule has 1 atom stereocenters. The summed E-state index contributed by atoms with van der Waals surface area (Å²) in [5.74, 6) is -0.377. The maximum Gasteiger partial charge on any atom is 0.126 e. The molecule has 1 aliphatic carbocycles. The Morgan fingerprint density at radius 1 is 1.37 bits per heavy atom. The van der Waals surface area contributed by atoms with Gasteiger partial charge in [-0.05, 0) is 51.6 Å². The first kappa shape index (κ1) is 14.1. The van der Waals surface area contributed by atoms with Crippen molar-refractivity contribution >= 4 is 0 Å². The van der Waals surface area contributed by atoms with Crippen LogP contribution < -0.4 is 5.32 Å². The first-order chi connectivity index (χ1) is 9.16. The van der Waals surface area contributed by atoms with Crippen molar-refractivity contribution < 1.29 is 9.50 Å². The van der Waals surface area contributed by atoms with Gasteiger partial charge in [-0.2, -0.15) is 0 Å². The van der Waals surface area contributed by atoms with E-state index in [-0.39, 0.29) is 11.8 Å². The predicted octanol–water partition coefficient (Wildman–Crippen LogP) is 4.07. The van der Waals surface area contributed by atoms with Gasteiger partial charge in [-0.3, -0.25) is 0 Å². The zero-order valence-corrected chi connectivity index (χ0v) is 11.5. The molecule has 0 saturated heterocycles. The molecule has 0 aromatic heterocycles. The largest absolute Gasteiger partial charge is 0.508 e. The van der Waals surface area contributed by atoms with Crippen molar-refractivity contribution in [2.75, 3.05) is 6.54 Å². The summed E-state index contributed by atoms with van der Waals surface area (Å²) >= 11 is 0. The Kier molecular flexibility index (Phi) is 4.97. The molecule has 1 aliphatic rings. The first-order valence-corrected chi connectivity index (χ1v) is 7.06. The lowest BCUT2D eigenvalue weighted by molar-refractivity contribution is 0.447. The highest BCUT2D eigenvalue weighted by Gasteiger charge is 2.11. The van der Waals surface area contributed by atoms with Crippen LogP contribution in [0.1, 0.15) is 50.6 Å². The average molecular weight is 263 g/mol. The third-order valence-electron chi connectivity index (χ3n) is 3.74. The number of hydrogen-bond donors (Lipinski definition) is 2. The molecule has 0 fully saturated rings. The van der Waals surface area contributed by atoms with Gasteiger partial charge in [-0.25, -0.2) is 4.39 Å². The minimum Gasteiger partial charge on any atom is -0.508 e. The monoisotopic (exact) mass is 263 g/mol. The van der Waals surface area contributed by atoms with Crippen molar-refractivity contribution in [2.24, 2.45) is 0 Å². The fraction of sp³-hybridized carbons (Fsp3) is 0.500. The fourth-order valence-corrected chi connectivity index (χ4v) is 2.57. The van der Waals surface area contributed by atoms with Gasteiger partial charge in [0.1, 0.15) is 11.6 Å². The standard InChI is InChI=1S/C16H22FNO/c1-12(15-8-7-14(17)11-16(15)19)18-10-9-13-5-3-2-4-6-13/h5,7-8,11-12,18-19H,2-4,6,9-10H2,1H3. The van der Waals surface area contributed by atoms with E-state index in [2.05, 4.69) is 11.4 Å². The molecule has 0 heterocycles. The number of phenolic OH excluding ortho intramolecular Hbond substituents is 1. The zero-order chi connectivity index (χ0) is 13.7. The molecular formula is C16H22FNO. The minimum absolute atomic E-state index is 0.0249. The van der Waals surface area contributed by atoms with Gasteiger partial charge >= 0.3 is 0 Å². The van der Waals surface area contributed by atoms with Crippen molar-refractivity contribution in [3.05, 3.63) is 41.2 Å². The van der Waals surface area contributed by atoms with Crippen LogP contribution in [-0.4, -0.2) is 11.7 Å². The number of rotatable bonds is 5. The average Bonchev–Trinajstić information content (AvgIpc) is 2.39. The second-order valence-corrected chi connectivity index (χ2v) is 5.24. The normalized spacial score (nSPS) is 17.1. The number of benzene rings is 1. The number of nitrogens with one attached hydrogen (secondary N) is 1. The number of aromatic hydroxyl groups is 1. The highest BCUT2D eigenvalue weighted by Crippen LogP contribution is 2.25. The van der Waals surface area contributed by atoms with E-state index in [1.807, 2.05) is 6.92 Å². The van der Waals surface area contributed by atoms with Gasteiger partial charge in [-0.15, -0.1) is 0 Å². The predicted molar refractivity (Wildman–Crippen MR) is 75.7 cm³/mol. The summed E-state index contributed by atoms with van der Waals surface area (Å²) < 4.78 is 12.9. The van der Waals surface area contributed by atoms with E-state index in [1.165, 1.54) is 37.3 Å². The molecule has 0 bridgehead atoms. The number of halogens is 1. The molecule has 19 heavy (non-hydrogen) atoms. The number of hydrogen-bond acceptors (Lipinski definition) is 2. The fourth-order valence-electron chi connectivity index (χ4n) is 2.57. The van der Waals surface area contributed by atoms with Gasteiger partial charge in [0.25, 0.3) is 0 Å². The zero-order valence-electron chi connectivity index (χ0n) is 11.5. The van der Waals surface area contributed by atoms with E-state index < -0.39 is 5.82 Å². The Hall–Kier alpha value is -1.35. The smallest absolute Gasteiger partial charge is 0.126 e. The van der Waals surface area contributed by atoms with E-state index in [4.69, 9.17) is 0 Å². The highest BCUT2D eigenvalue weighted by molar-refractivity contribution is 5.34. The lowest BCUT2D eigenvalue weighted by Crippen LogP contribution is -2.20. The molecule has 0 saturated carbocycles. The summed E-state index contributed by atoms with van der Waals surface area (Å²) in [5.41, 5.74) is 2.29. The van der Waals surface area contributed by atoms with Gasteiger partial charge in [0.2, 0.25) is 0 Å². The van der Waals surface area contributed by atoms with Crippen LogP contribution in [0, 0.1) is 5.82 Å². The van der Waals surface area contributed by atoms with Crippen molar-refractivity contribution in [3.63, 3.8) is 0 Å². The molecule has 0 amide bonds.